The number of hydrogen-bond donors (Lipinski definition) is 2. The molecule has 2 N–H and O–H groups in total. The summed E-state index contributed by atoms with van der Waals surface area (Å²) in [5, 5.41) is 6.14. The molecule has 0 saturated carbocycles. The van der Waals surface area contributed by atoms with Gasteiger partial charge in [-0.2, -0.15) is 13.2 Å². The third-order valence-electron chi connectivity index (χ3n) is 4.76. The minimum absolute atomic E-state index is 0.177. The van der Waals surface area contributed by atoms with E-state index in [9.17, 15) is 18.0 Å². The first-order chi connectivity index (χ1) is 13.3. The van der Waals surface area contributed by atoms with E-state index in [-0.39, 0.29) is 11.6 Å². The standard InChI is InChI=1S/C19H18F3N5O/c1-11-14(4-3-7-24-11)27-16-8-12(19(20,21)22)5-6-15(16)26-10-13(9-23-2)25-17(26)18(27)28/h3-8,10,17,23,25H,9H2,1-2H3. The second kappa shape index (κ2) is 6.52. The summed E-state index contributed by atoms with van der Waals surface area (Å²) in [5.41, 5.74) is 1.66. The van der Waals surface area contributed by atoms with Gasteiger partial charge in [0.05, 0.1) is 28.3 Å². The van der Waals surface area contributed by atoms with Crippen molar-refractivity contribution in [1.82, 2.24) is 15.6 Å². The van der Waals surface area contributed by atoms with E-state index in [1.165, 1.54) is 11.0 Å². The molecule has 1 aromatic heterocycles. The van der Waals surface area contributed by atoms with Crippen molar-refractivity contribution in [2.24, 2.45) is 0 Å². The number of rotatable bonds is 3. The van der Waals surface area contributed by atoms with Crippen molar-refractivity contribution >= 4 is 23.0 Å². The Morgan fingerprint density at radius 2 is 2.00 bits per heavy atom. The molecule has 0 spiro atoms. The Balaban J connectivity index is 1.90. The molecule has 2 aromatic rings. The Morgan fingerprint density at radius 3 is 2.68 bits per heavy atom. The molecule has 146 valence electrons. The van der Waals surface area contributed by atoms with E-state index in [2.05, 4.69) is 15.6 Å². The lowest BCUT2D eigenvalue weighted by Crippen LogP contribution is -2.53. The molecule has 2 aliphatic rings. The lowest BCUT2D eigenvalue weighted by Gasteiger charge is -2.39. The molecule has 1 unspecified atom stereocenters. The molecular formula is C19H18F3N5O. The number of amides is 1. The van der Waals surface area contributed by atoms with Crippen molar-refractivity contribution in [3.63, 3.8) is 0 Å². The van der Waals surface area contributed by atoms with E-state index in [1.807, 2.05) is 0 Å². The molecule has 1 atom stereocenters. The molecule has 0 fully saturated rings. The number of aromatic nitrogens is 1. The molecule has 0 aliphatic carbocycles. The fraction of sp³-hybridized carbons (Fsp3) is 0.263. The second-order valence-corrected chi connectivity index (χ2v) is 6.62. The first-order valence-electron chi connectivity index (χ1n) is 8.68. The molecule has 28 heavy (non-hydrogen) atoms. The van der Waals surface area contributed by atoms with Gasteiger partial charge in [0.15, 0.2) is 6.17 Å². The van der Waals surface area contributed by atoms with Crippen molar-refractivity contribution < 1.29 is 18.0 Å². The molecule has 0 radical (unpaired) electrons. The van der Waals surface area contributed by atoms with Crippen LogP contribution in [0, 0.1) is 6.92 Å². The van der Waals surface area contributed by atoms with Crippen molar-refractivity contribution in [2.45, 2.75) is 19.3 Å². The van der Waals surface area contributed by atoms with Crippen molar-refractivity contribution in [2.75, 3.05) is 23.4 Å². The number of carbonyl (C=O) groups is 1. The molecule has 1 amide bonds. The highest BCUT2D eigenvalue weighted by Gasteiger charge is 2.43. The average Bonchev–Trinajstić information content (AvgIpc) is 3.07. The Kier molecular flexibility index (Phi) is 4.26. The summed E-state index contributed by atoms with van der Waals surface area (Å²) in [6, 6.07) is 6.78. The van der Waals surface area contributed by atoms with Crippen LogP contribution in [0.4, 0.5) is 30.2 Å². The average molecular weight is 389 g/mol. The predicted molar refractivity (Wildman–Crippen MR) is 99.0 cm³/mol. The fourth-order valence-electron chi connectivity index (χ4n) is 3.50. The van der Waals surface area contributed by atoms with Crippen LogP contribution in [0.1, 0.15) is 11.3 Å². The highest BCUT2D eigenvalue weighted by atomic mass is 19.4. The summed E-state index contributed by atoms with van der Waals surface area (Å²) < 4.78 is 40.0. The molecule has 1 aromatic carbocycles. The van der Waals surface area contributed by atoms with Crippen LogP contribution in [-0.4, -0.2) is 30.6 Å². The normalized spacial score (nSPS) is 18.5. The number of pyridine rings is 1. The summed E-state index contributed by atoms with van der Waals surface area (Å²) in [6.45, 7) is 2.22. The third kappa shape index (κ3) is 2.88. The van der Waals surface area contributed by atoms with Gasteiger partial charge in [-0.15, -0.1) is 0 Å². The van der Waals surface area contributed by atoms with Crippen LogP contribution in [0.3, 0.4) is 0 Å². The number of anilines is 3. The predicted octanol–water partition coefficient (Wildman–Crippen LogP) is 2.88. The first kappa shape index (κ1) is 18.3. The van der Waals surface area contributed by atoms with Gasteiger partial charge in [-0.25, -0.2) is 0 Å². The number of benzene rings is 1. The zero-order valence-corrected chi connectivity index (χ0v) is 15.2. The maximum Gasteiger partial charge on any atom is 0.416 e. The summed E-state index contributed by atoms with van der Waals surface area (Å²) in [7, 11) is 1.77. The number of carbonyl (C=O) groups excluding carboxylic acids is 1. The molecule has 4 rings (SSSR count). The van der Waals surface area contributed by atoms with Crippen molar-refractivity contribution in [3.05, 3.63) is 59.7 Å². The number of halogens is 3. The van der Waals surface area contributed by atoms with Gasteiger partial charge in [0, 0.05) is 24.6 Å². The van der Waals surface area contributed by atoms with Crippen LogP contribution in [0.15, 0.2) is 48.4 Å². The SMILES string of the molecule is CNCC1=CN2c3ccc(C(F)(F)F)cc3N(c3cccnc3C)C(=O)C2N1. The number of alkyl halides is 3. The van der Waals surface area contributed by atoms with E-state index >= 15 is 0 Å². The highest BCUT2D eigenvalue weighted by Crippen LogP contribution is 2.45. The molecule has 2 aliphatic heterocycles. The summed E-state index contributed by atoms with van der Waals surface area (Å²) in [5.74, 6) is -0.370. The quantitative estimate of drug-likeness (QED) is 0.846. The van der Waals surface area contributed by atoms with Crippen LogP contribution < -0.4 is 20.4 Å². The zero-order valence-electron chi connectivity index (χ0n) is 15.2. The lowest BCUT2D eigenvalue weighted by molar-refractivity contribution is -0.137. The van der Waals surface area contributed by atoms with E-state index in [4.69, 9.17) is 0 Å². The third-order valence-corrected chi connectivity index (χ3v) is 4.76. The number of likely N-dealkylation sites (N-methyl/N-ethyl adjacent to an activating group) is 1. The Morgan fingerprint density at radius 1 is 1.21 bits per heavy atom. The van der Waals surface area contributed by atoms with E-state index in [0.29, 0.717) is 23.6 Å². The Labute approximate surface area is 159 Å². The monoisotopic (exact) mass is 389 g/mol. The van der Waals surface area contributed by atoms with Gasteiger partial charge < -0.3 is 15.5 Å². The number of nitrogens with zero attached hydrogens (tertiary/aromatic N) is 3. The van der Waals surface area contributed by atoms with Crippen LogP contribution in [-0.2, 0) is 11.0 Å². The molecule has 9 heteroatoms. The van der Waals surface area contributed by atoms with Crippen LogP contribution in [0.2, 0.25) is 0 Å². The van der Waals surface area contributed by atoms with E-state index in [1.54, 1.807) is 43.4 Å². The maximum absolute atomic E-state index is 13.3. The maximum atomic E-state index is 13.3. The minimum atomic E-state index is -4.51. The molecule has 6 nitrogen and oxygen atoms in total. The first-order valence-corrected chi connectivity index (χ1v) is 8.68. The molecule has 0 saturated heterocycles. The smallest absolute Gasteiger partial charge is 0.358 e. The summed E-state index contributed by atoms with van der Waals surface area (Å²) in [6.07, 6.45) is -1.92. The van der Waals surface area contributed by atoms with E-state index < -0.39 is 17.9 Å². The van der Waals surface area contributed by atoms with Gasteiger partial charge in [-0.05, 0) is 44.3 Å². The van der Waals surface area contributed by atoms with Crippen LogP contribution >= 0.6 is 0 Å². The largest absolute Gasteiger partial charge is 0.416 e. The molecule has 3 heterocycles. The van der Waals surface area contributed by atoms with Crippen molar-refractivity contribution in [1.29, 1.82) is 0 Å². The van der Waals surface area contributed by atoms with Gasteiger partial charge in [-0.1, -0.05) is 0 Å². The number of hydrogen-bond acceptors (Lipinski definition) is 5. The zero-order chi connectivity index (χ0) is 20.1. The number of nitrogens with one attached hydrogen (secondary N) is 2. The number of aryl methyl sites for hydroxylation is 1. The molecular weight excluding hydrogens is 371 g/mol. The minimum Gasteiger partial charge on any atom is -0.358 e. The number of fused-ring (bicyclic) bond motifs is 3. The Hall–Kier alpha value is -3.07. The van der Waals surface area contributed by atoms with Gasteiger partial charge >= 0.3 is 6.18 Å². The Bertz CT molecular complexity index is 972. The summed E-state index contributed by atoms with van der Waals surface area (Å²) in [4.78, 5) is 20.5. The highest BCUT2D eigenvalue weighted by molar-refractivity contribution is 6.11. The van der Waals surface area contributed by atoms with Gasteiger partial charge in [0.1, 0.15) is 0 Å². The van der Waals surface area contributed by atoms with E-state index in [0.717, 1.165) is 17.8 Å². The van der Waals surface area contributed by atoms with Gasteiger partial charge in [0.2, 0.25) is 0 Å². The second-order valence-electron chi connectivity index (χ2n) is 6.62. The van der Waals surface area contributed by atoms with Gasteiger partial charge in [0.25, 0.3) is 5.91 Å². The summed E-state index contributed by atoms with van der Waals surface area (Å²) >= 11 is 0. The topological polar surface area (TPSA) is 60.5 Å². The van der Waals surface area contributed by atoms with Crippen LogP contribution in [0.25, 0.3) is 0 Å². The molecule has 0 bridgehead atoms. The van der Waals surface area contributed by atoms with Crippen molar-refractivity contribution in [3.8, 4) is 0 Å². The van der Waals surface area contributed by atoms with Crippen LogP contribution in [0.5, 0.6) is 0 Å². The fourth-order valence-corrected chi connectivity index (χ4v) is 3.50. The van der Waals surface area contributed by atoms with Gasteiger partial charge in [-0.3, -0.25) is 14.7 Å². The lowest BCUT2D eigenvalue weighted by atomic mass is 10.1.